The van der Waals surface area contributed by atoms with Gasteiger partial charge >= 0.3 is 0 Å². The van der Waals surface area contributed by atoms with E-state index in [1.807, 2.05) is 0 Å². The van der Waals surface area contributed by atoms with Gasteiger partial charge in [0, 0.05) is 0 Å². The summed E-state index contributed by atoms with van der Waals surface area (Å²) in [5.41, 5.74) is 0.458. The van der Waals surface area contributed by atoms with Crippen LogP contribution < -0.4 is 0 Å². The van der Waals surface area contributed by atoms with Gasteiger partial charge in [0.1, 0.15) is 0 Å². The fourth-order valence-corrected chi connectivity index (χ4v) is 2.73. The second-order valence-corrected chi connectivity index (χ2v) is 7.63. The predicted molar refractivity (Wildman–Crippen MR) is 75.6 cm³/mol. The summed E-state index contributed by atoms with van der Waals surface area (Å²) >= 11 is 0. The van der Waals surface area contributed by atoms with Crippen molar-refractivity contribution in [2.24, 2.45) is 35.0 Å². The zero-order valence-electron chi connectivity index (χ0n) is 13.1. The van der Waals surface area contributed by atoms with Crippen molar-refractivity contribution in [1.29, 1.82) is 0 Å². The van der Waals surface area contributed by atoms with Crippen molar-refractivity contribution in [3.63, 3.8) is 0 Å². The minimum Gasteiger partial charge on any atom is -0.0625 e. The van der Waals surface area contributed by atoms with E-state index in [2.05, 4.69) is 62.3 Å². The van der Waals surface area contributed by atoms with Crippen molar-refractivity contribution in [2.45, 2.75) is 68.7 Å². The topological polar surface area (TPSA) is 0 Å². The van der Waals surface area contributed by atoms with E-state index in [0.717, 1.165) is 29.6 Å². The van der Waals surface area contributed by atoms with Gasteiger partial charge in [-0.1, -0.05) is 62.3 Å². The van der Waals surface area contributed by atoms with Gasteiger partial charge < -0.3 is 0 Å². The summed E-state index contributed by atoms with van der Waals surface area (Å²) in [6.07, 6.45) is 1.35. The zero-order valence-corrected chi connectivity index (χ0v) is 13.1. The molecule has 0 amide bonds. The van der Waals surface area contributed by atoms with Gasteiger partial charge in [-0.2, -0.15) is 0 Å². The molecule has 16 heavy (non-hydrogen) atoms. The number of rotatable bonds is 5. The van der Waals surface area contributed by atoms with Crippen LogP contribution in [0.5, 0.6) is 0 Å². The fraction of sp³-hybridized carbons (Fsp3) is 1.00. The van der Waals surface area contributed by atoms with E-state index in [-0.39, 0.29) is 0 Å². The van der Waals surface area contributed by atoms with E-state index in [1.165, 1.54) is 6.42 Å². The molecule has 0 spiro atoms. The molecule has 98 valence electrons. The van der Waals surface area contributed by atoms with Gasteiger partial charge in [0.15, 0.2) is 0 Å². The van der Waals surface area contributed by atoms with Crippen molar-refractivity contribution in [3.05, 3.63) is 0 Å². The van der Waals surface area contributed by atoms with Crippen LogP contribution in [0.15, 0.2) is 0 Å². The maximum Gasteiger partial charge on any atom is -0.0358 e. The molecule has 0 radical (unpaired) electrons. The van der Waals surface area contributed by atoms with Gasteiger partial charge in [-0.3, -0.25) is 0 Å². The molecule has 3 unspecified atom stereocenters. The third-order valence-corrected chi connectivity index (χ3v) is 4.26. The first-order chi connectivity index (χ1) is 7.06. The largest absolute Gasteiger partial charge is 0.0625 e. The molecule has 3 atom stereocenters. The molecule has 0 heterocycles. The average Bonchev–Trinajstić information content (AvgIpc) is 2.09. The molecule has 0 saturated heterocycles. The monoisotopic (exact) mass is 226 g/mol. The molecule has 0 bridgehead atoms. The first-order valence-corrected chi connectivity index (χ1v) is 7.06. The molecular weight excluding hydrogens is 192 g/mol. The minimum atomic E-state index is 0.458. The van der Waals surface area contributed by atoms with Crippen LogP contribution in [0, 0.1) is 35.0 Å². The van der Waals surface area contributed by atoms with Crippen LogP contribution in [-0.2, 0) is 0 Å². The van der Waals surface area contributed by atoms with Gasteiger partial charge in [0.2, 0.25) is 0 Å². The quantitative estimate of drug-likeness (QED) is 0.570. The normalized spacial score (nSPS) is 18.9. The van der Waals surface area contributed by atoms with Crippen LogP contribution >= 0.6 is 0 Å². The maximum atomic E-state index is 2.46. The SMILES string of the molecule is CC(C)C(C)C(C)C(CC(C)(C)C)C(C)C. The summed E-state index contributed by atoms with van der Waals surface area (Å²) < 4.78 is 0. The summed E-state index contributed by atoms with van der Waals surface area (Å²) in [6.45, 7) is 21.5. The van der Waals surface area contributed by atoms with Crippen molar-refractivity contribution in [2.75, 3.05) is 0 Å². The third-order valence-electron chi connectivity index (χ3n) is 4.26. The molecule has 0 aliphatic heterocycles. The van der Waals surface area contributed by atoms with E-state index in [0.29, 0.717) is 5.41 Å². The third kappa shape index (κ3) is 5.37. The van der Waals surface area contributed by atoms with Crippen LogP contribution in [0.1, 0.15) is 68.7 Å². The highest BCUT2D eigenvalue weighted by atomic mass is 14.4. The Balaban J connectivity index is 4.66. The maximum absolute atomic E-state index is 2.46. The summed E-state index contributed by atoms with van der Waals surface area (Å²) in [4.78, 5) is 0. The smallest absolute Gasteiger partial charge is 0.0358 e. The van der Waals surface area contributed by atoms with E-state index in [1.54, 1.807) is 0 Å². The minimum absolute atomic E-state index is 0.458. The lowest BCUT2D eigenvalue weighted by molar-refractivity contribution is 0.122. The summed E-state index contributed by atoms with van der Waals surface area (Å²) in [6, 6.07) is 0. The average molecular weight is 226 g/mol. The molecule has 0 saturated carbocycles. The van der Waals surface area contributed by atoms with Crippen molar-refractivity contribution in [3.8, 4) is 0 Å². The van der Waals surface area contributed by atoms with Crippen molar-refractivity contribution < 1.29 is 0 Å². The molecular formula is C16H34. The second-order valence-electron chi connectivity index (χ2n) is 7.63. The molecule has 0 rings (SSSR count). The molecule has 0 aromatic carbocycles. The van der Waals surface area contributed by atoms with Crippen LogP contribution in [0.3, 0.4) is 0 Å². The Hall–Kier alpha value is 0. The molecule has 0 N–H and O–H groups in total. The highest BCUT2D eigenvalue weighted by Gasteiger charge is 2.30. The second kappa shape index (κ2) is 6.07. The van der Waals surface area contributed by atoms with E-state index in [9.17, 15) is 0 Å². The first-order valence-electron chi connectivity index (χ1n) is 7.06. The summed E-state index contributed by atoms with van der Waals surface area (Å²) in [5, 5.41) is 0. The van der Waals surface area contributed by atoms with Gasteiger partial charge in [-0.05, 0) is 41.4 Å². The molecule has 0 aromatic heterocycles. The molecule has 0 fully saturated rings. The predicted octanol–water partition coefficient (Wildman–Crippen LogP) is 5.62. The van der Waals surface area contributed by atoms with E-state index in [4.69, 9.17) is 0 Å². The Kier molecular flexibility index (Phi) is 6.07. The Morgan fingerprint density at radius 1 is 0.688 bits per heavy atom. The first kappa shape index (κ1) is 16.0. The molecule has 0 aliphatic carbocycles. The fourth-order valence-electron chi connectivity index (χ4n) is 2.73. The summed E-state index contributed by atoms with van der Waals surface area (Å²) in [7, 11) is 0. The van der Waals surface area contributed by atoms with Crippen LogP contribution in [0.2, 0.25) is 0 Å². The Bertz CT molecular complexity index is 183. The molecule has 0 nitrogen and oxygen atoms in total. The van der Waals surface area contributed by atoms with E-state index < -0.39 is 0 Å². The summed E-state index contributed by atoms with van der Waals surface area (Å²) in [5.74, 6) is 4.12. The lowest BCUT2D eigenvalue weighted by Crippen LogP contribution is -2.29. The lowest BCUT2D eigenvalue weighted by atomic mass is 9.68. The zero-order chi connectivity index (χ0) is 13.1. The standard InChI is InChI=1S/C16H34/c1-11(2)13(5)14(6)15(12(3)4)10-16(7,8)9/h11-15H,10H2,1-9H3. The highest BCUT2D eigenvalue weighted by Crippen LogP contribution is 2.38. The molecule has 0 heteroatoms. The van der Waals surface area contributed by atoms with Crippen LogP contribution in [-0.4, -0.2) is 0 Å². The Morgan fingerprint density at radius 2 is 1.12 bits per heavy atom. The lowest BCUT2D eigenvalue weighted by Gasteiger charge is -2.37. The molecule has 0 aliphatic rings. The van der Waals surface area contributed by atoms with Gasteiger partial charge in [0.05, 0.1) is 0 Å². The van der Waals surface area contributed by atoms with Crippen LogP contribution in [0.25, 0.3) is 0 Å². The number of hydrogen-bond donors (Lipinski definition) is 0. The van der Waals surface area contributed by atoms with E-state index >= 15 is 0 Å². The Labute approximate surface area is 104 Å². The highest BCUT2D eigenvalue weighted by molar-refractivity contribution is 4.79. The van der Waals surface area contributed by atoms with Crippen LogP contribution in [0.4, 0.5) is 0 Å². The van der Waals surface area contributed by atoms with Gasteiger partial charge in [0.25, 0.3) is 0 Å². The van der Waals surface area contributed by atoms with Crippen molar-refractivity contribution >= 4 is 0 Å². The van der Waals surface area contributed by atoms with Gasteiger partial charge in [-0.15, -0.1) is 0 Å². The number of hydrogen-bond acceptors (Lipinski definition) is 0. The Morgan fingerprint density at radius 3 is 1.38 bits per heavy atom. The molecule has 0 aromatic rings. The van der Waals surface area contributed by atoms with Gasteiger partial charge in [-0.25, -0.2) is 0 Å². The van der Waals surface area contributed by atoms with Crippen molar-refractivity contribution in [1.82, 2.24) is 0 Å².